The van der Waals surface area contributed by atoms with E-state index >= 15 is 0 Å². The molecule has 0 bridgehead atoms. The normalized spacial score (nSPS) is 15.7. The smallest absolute Gasteiger partial charge is 0.250 e. The molecule has 1 aliphatic heterocycles. The van der Waals surface area contributed by atoms with E-state index in [2.05, 4.69) is 19.1 Å². The molecule has 2 amide bonds. The first-order valence-electron chi connectivity index (χ1n) is 9.82. The van der Waals surface area contributed by atoms with Gasteiger partial charge in [0.15, 0.2) is 0 Å². The lowest BCUT2D eigenvalue weighted by atomic mass is 10.0. The van der Waals surface area contributed by atoms with E-state index in [1.807, 2.05) is 37.8 Å². The summed E-state index contributed by atoms with van der Waals surface area (Å²) in [5.74, 6) is -0.230. The third-order valence-electron chi connectivity index (χ3n) is 4.93. The molecule has 0 aliphatic carbocycles. The Morgan fingerprint density at radius 3 is 2.37 bits per heavy atom. The van der Waals surface area contributed by atoms with E-state index in [0.717, 1.165) is 43.5 Å². The van der Waals surface area contributed by atoms with E-state index < -0.39 is 12.0 Å². The summed E-state index contributed by atoms with van der Waals surface area (Å²) in [5, 5.41) is 0. The van der Waals surface area contributed by atoms with Crippen LogP contribution in [0.4, 0.5) is 0 Å². The molecule has 2 rings (SSSR count). The fourth-order valence-electron chi connectivity index (χ4n) is 3.53. The van der Waals surface area contributed by atoms with Crippen LogP contribution >= 0.6 is 0 Å². The van der Waals surface area contributed by atoms with Crippen LogP contribution in [0.25, 0.3) is 0 Å². The number of hydrogen-bond acceptors (Lipinski definition) is 3. The number of nitrogens with two attached hydrogens (primary N) is 1. The van der Waals surface area contributed by atoms with Crippen LogP contribution in [0.3, 0.4) is 0 Å². The van der Waals surface area contributed by atoms with Crippen molar-refractivity contribution in [1.29, 1.82) is 0 Å². The summed E-state index contributed by atoms with van der Waals surface area (Å²) in [6.07, 6.45) is 2.53. The quantitative estimate of drug-likeness (QED) is 0.686. The van der Waals surface area contributed by atoms with Crippen molar-refractivity contribution < 1.29 is 14.3 Å². The van der Waals surface area contributed by atoms with E-state index in [4.69, 9.17) is 10.5 Å². The van der Waals surface area contributed by atoms with Gasteiger partial charge in [0.05, 0.1) is 6.10 Å². The van der Waals surface area contributed by atoms with Crippen molar-refractivity contribution in [3.63, 3.8) is 0 Å². The van der Waals surface area contributed by atoms with Crippen LogP contribution in [-0.2, 0) is 27.2 Å². The van der Waals surface area contributed by atoms with E-state index in [1.165, 1.54) is 11.1 Å². The van der Waals surface area contributed by atoms with Gasteiger partial charge in [-0.1, -0.05) is 31.2 Å². The molecule has 148 valence electrons. The molecule has 1 aliphatic rings. The van der Waals surface area contributed by atoms with E-state index in [9.17, 15) is 9.59 Å². The number of amides is 2. The molecular formula is C22H32N2O3. The first-order valence-corrected chi connectivity index (χ1v) is 9.82. The van der Waals surface area contributed by atoms with Crippen LogP contribution in [0.2, 0.25) is 0 Å². The minimum absolute atomic E-state index is 0.0404. The maximum absolute atomic E-state index is 12.3. The summed E-state index contributed by atoms with van der Waals surface area (Å²) >= 11 is 0. The molecule has 0 saturated carbocycles. The molecule has 1 unspecified atom stereocenters. The van der Waals surface area contributed by atoms with Gasteiger partial charge in [0.25, 0.3) is 0 Å². The van der Waals surface area contributed by atoms with E-state index in [0.29, 0.717) is 6.42 Å². The third-order valence-corrected chi connectivity index (χ3v) is 4.93. The first-order chi connectivity index (χ1) is 12.8. The highest BCUT2D eigenvalue weighted by molar-refractivity contribution is 5.96. The lowest BCUT2D eigenvalue weighted by molar-refractivity contribution is -0.132. The molecule has 1 atom stereocenters. The van der Waals surface area contributed by atoms with Crippen LogP contribution in [0.5, 0.6) is 0 Å². The van der Waals surface area contributed by atoms with Gasteiger partial charge in [0.1, 0.15) is 6.10 Å². The van der Waals surface area contributed by atoms with Gasteiger partial charge in [-0.2, -0.15) is 0 Å². The zero-order valence-corrected chi connectivity index (χ0v) is 17.0. The Morgan fingerprint density at radius 2 is 1.85 bits per heavy atom. The number of benzene rings is 1. The van der Waals surface area contributed by atoms with Gasteiger partial charge in [-0.25, -0.2) is 0 Å². The number of carbonyl (C=O) groups excluding carboxylic acids is 2. The fourth-order valence-corrected chi connectivity index (χ4v) is 3.53. The molecule has 1 aromatic rings. The van der Waals surface area contributed by atoms with Gasteiger partial charge < -0.3 is 15.4 Å². The second-order valence-electron chi connectivity index (χ2n) is 7.54. The Labute approximate surface area is 162 Å². The number of carbonyl (C=O) groups is 2. The molecule has 27 heavy (non-hydrogen) atoms. The predicted octanol–water partition coefficient (Wildman–Crippen LogP) is 3.01. The molecular weight excluding hydrogens is 340 g/mol. The maximum atomic E-state index is 12.3. The molecule has 0 fully saturated rings. The molecule has 2 N–H and O–H groups in total. The molecule has 1 heterocycles. The highest BCUT2D eigenvalue weighted by atomic mass is 16.5. The Hall–Kier alpha value is -2.14. The highest BCUT2D eigenvalue weighted by Gasteiger charge is 2.25. The second-order valence-corrected chi connectivity index (χ2v) is 7.54. The van der Waals surface area contributed by atoms with Crippen LogP contribution in [0, 0.1) is 0 Å². The van der Waals surface area contributed by atoms with Crippen molar-refractivity contribution in [1.82, 2.24) is 4.90 Å². The van der Waals surface area contributed by atoms with Gasteiger partial charge in [-0.05, 0) is 56.7 Å². The Kier molecular flexibility index (Phi) is 7.60. The monoisotopic (exact) mass is 372 g/mol. The number of hydrogen-bond donors (Lipinski definition) is 1. The van der Waals surface area contributed by atoms with Crippen molar-refractivity contribution in [2.24, 2.45) is 5.73 Å². The Bertz CT molecular complexity index is 692. The standard InChI is InChI=1S/C22H32N2O3/c1-5-19-16(4)14-24(22(19)26)12-6-7-17-8-10-18(11-9-17)13-20(21(23)25)27-15(2)3/h8-11,15,20H,5-7,12-14H2,1-4H3,(H2,23,25). The molecule has 0 aromatic heterocycles. The largest absolute Gasteiger partial charge is 0.367 e. The summed E-state index contributed by atoms with van der Waals surface area (Å²) in [6.45, 7) is 9.43. The summed E-state index contributed by atoms with van der Waals surface area (Å²) in [4.78, 5) is 25.8. The molecule has 0 radical (unpaired) electrons. The van der Waals surface area contributed by atoms with Crippen LogP contribution < -0.4 is 5.73 Å². The van der Waals surface area contributed by atoms with Crippen molar-refractivity contribution in [3.8, 4) is 0 Å². The SMILES string of the molecule is CCC1=C(C)CN(CCCc2ccc(CC(OC(C)C)C(N)=O)cc2)C1=O. The van der Waals surface area contributed by atoms with Crippen LogP contribution in [0.15, 0.2) is 35.4 Å². The van der Waals surface area contributed by atoms with Gasteiger partial charge in [0.2, 0.25) is 11.8 Å². The molecule has 0 spiro atoms. The number of nitrogens with zero attached hydrogens (tertiary/aromatic N) is 1. The van der Waals surface area contributed by atoms with Crippen LogP contribution in [0.1, 0.15) is 51.7 Å². The lowest BCUT2D eigenvalue weighted by Gasteiger charge is -2.18. The van der Waals surface area contributed by atoms with Gasteiger partial charge in [-0.15, -0.1) is 0 Å². The molecule has 5 heteroatoms. The zero-order valence-electron chi connectivity index (χ0n) is 17.0. The van der Waals surface area contributed by atoms with Crippen LogP contribution in [-0.4, -0.2) is 42.0 Å². The highest BCUT2D eigenvalue weighted by Crippen LogP contribution is 2.21. The van der Waals surface area contributed by atoms with Crippen molar-refractivity contribution >= 4 is 11.8 Å². The first kappa shape index (κ1) is 21.2. The van der Waals surface area contributed by atoms with E-state index in [1.54, 1.807) is 0 Å². The average Bonchev–Trinajstić information content (AvgIpc) is 2.88. The lowest BCUT2D eigenvalue weighted by Crippen LogP contribution is -2.35. The zero-order chi connectivity index (χ0) is 20.0. The summed E-state index contributed by atoms with van der Waals surface area (Å²) in [6, 6.07) is 8.21. The van der Waals surface area contributed by atoms with Crippen molar-refractivity contribution in [3.05, 3.63) is 46.5 Å². The summed E-state index contributed by atoms with van der Waals surface area (Å²) in [7, 11) is 0. The van der Waals surface area contributed by atoms with Crippen molar-refractivity contribution in [2.75, 3.05) is 13.1 Å². The summed E-state index contributed by atoms with van der Waals surface area (Å²) in [5.41, 5.74) is 9.88. The van der Waals surface area contributed by atoms with Gasteiger partial charge in [0, 0.05) is 25.1 Å². The molecule has 1 aromatic carbocycles. The fraction of sp³-hybridized carbons (Fsp3) is 0.545. The minimum Gasteiger partial charge on any atom is -0.367 e. The molecule has 0 saturated heterocycles. The number of aryl methyl sites for hydroxylation is 1. The predicted molar refractivity (Wildman–Crippen MR) is 107 cm³/mol. The third kappa shape index (κ3) is 5.93. The summed E-state index contributed by atoms with van der Waals surface area (Å²) < 4.78 is 5.59. The average molecular weight is 373 g/mol. The number of ether oxygens (including phenoxy) is 1. The number of primary amides is 1. The maximum Gasteiger partial charge on any atom is 0.250 e. The van der Waals surface area contributed by atoms with Crippen molar-refractivity contribution in [2.45, 2.75) is 65.6 Å². The van der Waals surface area contributed by atoms with Gasteiger partial charge >= 0.3 is 0 Å². The Balaban J connectivity index is 1.82. The molecule has 5 nitrogen and oxygen atoms in total. The second kappa shape index (κ2) is 9.70. The topological polar surface area (TPSA) is 72.6 Å². The number of rotatable bonds is 10. The Morgan fingerprint density at radius 1 is 1.22 bits per heavy atom. The minimum atomic E-state index is -0.597. The van der Waals surface area contributed by atoms with Gasteiger partial charge in [-0.3, -0.25) is 9.59 Å². The van der Waals surface area contributed by atoms with E-state index in [-0.39, 0.29) is 12.0 Å².